The van der Waals surface area contributed by atoms with Crippen molar-refractivity contribution >= 4 is 34.7 Å². The van der Waals surface area contributed by atoms with E-state index in [1.165, 1.54) is 5.56 Å². The number of thiocarbonyl (C=S) groups is 1. The highest BCUT2D eigenvalue weighted by Crippen LogP contribution is 2.19. The smallest absolute Gasteiger partial charge is 0.173 e. The van der Waals surface area contributed by atoms with Crippen LogP contribution in [0.2, 0.25) is 5.02 Å². The van der Waals surface area contributed by atoms with Crippen LogP contribution in [0.15, 0.2) is 36.5 Å². The Labute approximate surface area is 135 Å². The first kappa shape index (κ1) is 15.8. The Hall–Kier alpha value is -1.59. The van der Waals surface area contributed by atoms with Crippen LogP contribution in [0.25, 0.3) is 0 Å². The molecule has 0 saturated carbocycles. The molecule has 0 bridgehead atoms. The third kappa shape index (κ3) is 5.02. The number of hydrogen-bond donors (Lipinski definition) is 2. The van der Waals surface area contributed by atoms with Crippen LogP contribution in [0, 0.1) is 5.92 Å². The molecule has 2 aromatic rings. The van der Waals surface area contributed by atoms with Crippen molar-refractivity contribution < 1.29 is 0 Å². The fraction of sp³-hybridized carbons (Fsp3) is 0.333. The quantitative estimate of drug-likeness (QED) is 0.826. The van der Waals surface area contributed by atoms with E-state index in [2.05, 4.69) is 41.7 Å². The molecule has 0 aliphatic rings. The standard InChI is InChI=1S/C15H19ClN4S/c1-11(2)8-17-15(21)18-14-13(16)10-20(19-14)9-12-6-4-3-5-7-12/h3-7,10-11H,8-9H2,1-2H3,(H2,17,18,19,21). The minimum absolute atomic E-state index is 0.524. The number of nitrogens with one attached hydrogen (secondary N) is 2. The van der Waals surface area contributed by atoms with Gasteiger partial charge in [-0.25, -0.2) is 0 Å². The monoisotopic (exact) mass is 322 g/mol. The van der Waals surface area contributed by atoms with Crippen LogP contribution >= 0.6 is 23.8 Å². The van der Waals surface area contributed by atoms with Crippen molar-refractivity contribution in [3.63, 3.8) is 0 Å². The summed E-state index contributed by atoms with van der Waals surface area (Å²) in [5.74, 6) is 1.10. The Morgan fingerprint density at radius 3 is 2.71 bits per heavy atom. The third-order valence-electron chi connectivity index (χ3n) is 2.81. The molecule has 0 fully saturated rings. The number of hydrogen-bond acceptors (Lipinski definition) is 2. The topological polar surface area (TPSA) is 41.9 Å². The summed E-state index contributed by atoms with van der Waals surface area (Å²) in [6.07, 6.45) is 1.79. The van der Waals surface area contributed by atoms with Gasteiger partial charge < -0.3 is 10.6 Å². The molecule has 2 rings (SSSR count). The minimum atomic E-state index is 0.524. The van der Waals surface area contributed by atoms with Crippen LogP contribution < -0.4 is 10.6 Å². The second-order valence-electron chi connectivity index (χ2n) is 5.24. The Bertz CT molecular complexity index is 595. The summed E-state index contributed by atoms with van der Waals surface area (Å²) in [6.45, 7) is 5.73. The van der Waals surface area contributed by atoms with Crippen LogP contribution in [0.4, 0.5) is 5.82 Å². The lowest BCUT2D eigenvalue weighted by atomic mass is 10.2. The lowest BCUT2D eigenvalue weighted by molar-refractivity contribution is 0.627. The van der Waals surface area contributed by atoms with Gasteiger partial charge in [0, 0.05) is 12.7 Å². The molecule has 2 N–H and O–H groups in total. The maximum Gasteiger partial charge on any atom is 0.173 e. The molecule has 1 aromatic heterocycles. The van der Waals surface area contributed by atoms with Crippen molar-refractivity contribution in [3.05, 3.63) is 47.1 Å². The molecule has 4 nitrogen and oxygen atoms in total. The molecule has 0 aliphatic heterocycles. The molecule has 0 unspecified atom stereocenters. The summed E-state index contributed by atoms with van der Waals surface area (Å²) >= 11 is 11.4. The molecule has 1 aromatic carbocycles. The number of anilines is 1. The van der Waals surface area contributed by atoms with E-state index < -0.39 is 0 Å². The summed E-state index contributed by atoms with van der Waals surface area (Å²) in [7, 11) is 0. The average Bonchev–Trinajstić information content (AvgIpc) is 2.77. The number of halogens is 1. The summed E-state index contributed by atoms with van der Waals surface area (Å²) < 4.78 is 1.80. The maximum atomic E-state index is 6.18. The van der Waals surface area contributed by atoms with Gasteiger partial charge in [-0.2, -0.15) is 5.10 Å². The van der Waals surface area contributed by atoms with Crippen LogP contribution in [0.1, 0.15) is 19.4 Å². The van der Waals surface area contributed by atoms with E-state index in [1.54, 1.807) is 10.9 Å². The van der Waals surface area contributed by atoms with Crippen molar-refractivity contribution in [3.8, 4) is 0 Å². The molecular weight excluding hydrogens is 304 g/mol. The fourth-order valence-corrected chi connectivity index (χ4v) is 2.16. The largest absolute Gasteiger partial charge is 0.362 e. The second kappa shape index (κ2) is 7.43. The highest BCUT2D eigenvalue weighted by molar-refractivity contribution is 7.80. The van der Waals surface area contributed by atoms with Gasteiger partial charge in [0.1, 0.15) is 5.02 Å². The molecule has 0 atom stereocenters. The summed E-state index contributed by atoms with van der Waals surface area (Å²) in [5.41, 5.74) is 1.17. The maximum absolute atomic E-state index is 6.18. The Balaban J connectivity index is 1.97. The average molecular weight is 323 g/mol. The number of rotatable bonds is 5. The van der Waals surface area contributed by atoms with Gasteiger partial charge in [-0.15, -0.1) is 0 Å². The minimum Gasteiger partial charge on any atom is -0.362 e. The van der Waals surface area contributed by atoms with Gasteiger partial charge in [0.25, 0.3) is 0 Å². The molecule has 0 amide bonds. The van der Waals surface area contributed by atoms with E-state index in [9.17, 15) is 0 Å². The van der Waals surface area contributed by atoms with Gasteiger partial charge in [-0.1, -0.05) is 55.8 Å². The van der Waals surface area contributed by atoms with E-state index in [0.29, 0.717) is 28.4 Å². The highest BCUT2D eigenvalue weighted by atomic mass is 35.5. The number of benzene rings is 1. The van der Waals surface area contributed by atoms with Crippen molar-refractivity contribution in [1.82, 2.24) is 15.1 Å². The van der Waals surface area contributed by atoms with Crippen molar-refractivity contribution in [2.45, 2.75) is 20.4 Å². The second-order valence-corrected chi connectivity index (χ2v) is 6.05. The van der Waals surface area contributed by atoms with Gasteiger partial charge >= 0.3 is 0 Å². The van der Waals surface area contributed by atoms with Crippen molar-refractivity contribution in [1.29, 1.82) is 0 Å². The number of nitrogens with zero attached hydrogens (tertiary/aromatic N) is 2. The number of aromatic nitrogens is 2. The first-order chi connectivity index (χ1) is 10.0. The SMILES string of the molecule is CC(C)CNC(=S)Nc1nn(Cc2ccccc2)cc1Cl. The van der Waals surface area contributed by atoms with Crippen LogP contribution in [0.5, 0.6) is 0 Å². The molecule has 0 spiro atoms. The fourth-order valence-electron chi connectivity index (χ4n) is 1.78. The summed E-state index contributed by atoms with van der Waals surface area (Å²) in [4.78, 5) is 0. The van der Waals surface area contributed by atoms with Crippen molar-refractivity contribution in [2.75, 3.05) is 11.9 Å². The molecule has 1 heterocycles. The highest BCUT2D eigenvalue weighted by Gasteiger charge is 2.09. The lowest BCUT2D eigenvalue weighted by Crippen LogP contribution is -2.31. The van der Waals surface area contributed by atoms with Gasteiger partial charge in [0.15, 0.2) is 10.9 Å². The zero-order valence-corrected chi connectivity index (χ0v) is 13.7. The predicted octanol–water partition coefficient (Wildman–Crippen LogP) is 3.53. The van der Waals surface area contributed by atoms with E-state index in [-0.39, 0.29) is 0 Å². The van der Waals surface area contributed by atoms with E-state index in [1.807, 2.05) is 18.2 Å². The van der Waals surface area contributed by atoms with Crippen LogP contribution in [-0.2, 0) is 6.54 Å². The van der Waals surface area contributed by atoms with Gasteiger partial charge in [0.05, 0.1) is 6.54 Å². The van der Waals surface area contributed by atoms with E-state index >= 15 is 0 Å². The van der Waals surface area contributed by atoms with Gasteiger partial charge in [-0.3, -0.25) is 4.68 Å². The third-order valence-corrected chi connectivity index (χ3v) is 3.33. The van der Waals surface area contributed by atoms with E-state index in [0.717, 1.165) is 6.54 Å². The molecule has 6 heteroatoms. The van der Waals surface area contributed by atoms with Crippen LogP contribution in [0.3, 0.4) is 0 Å². The van der Waals surface area contributed by atoms with Crippen molar-refractivity contribution in [2.24, 2.45) is 5.92 Å². The lowest BCUT2D eigenvalue weighted by Gasteiger charge is -2.10. The van der Waals surface area contributed by atoms with Gasteiger partial charge in [-0.05, 0) is 23.7 Å². The van der Waals surface area contributed by atoms with Gasteiger partial charge in [0.2, 0.25) is 0 Å². The molecule has 0 aliphatic carbocycles. The predicted molar refractivity (Wildman–Crippen MR) is 91.8 cm³/mol. The first-order valence-corrected chi connectivity index (χ1v) is 7.65. The van der Waals surface area contributed by atoms with Crippen LogP contribution in [-0.4, -0.2) is 21.4 Å². The molecule has 112 valence electrons. The Kier molecular flexibility index (Phi) is 5.59. The summed E-state index contributed by atoms with van der Waals surface area (Å²) in [5, 5.41) is 11.7. The zero-order valence-electron chi connectivity index (χ0n) is 12.1. The molecule has 0 radical (unpaired) electrons. The molecule has 21 heavy (non-hydrogen) atoms. The Morgan fingerprint density at radius 1 is 1.33 bits per heavy atom. The summed E-state index contributed by atoms with van der Waals surface area (Å²) in [6, 6.07) is 10.1. The molecular formula is C15H19ClN4S. The van der Waals surface area contributed by atoms with E-state index in [4.69, 9.17) is 23.8 Å². The normalized spacial score (nSPS) is 10.7. The zero-order chi connectivity index (χ0) is 15.2. The Morgan fingerprint density at radius 2 is 2.05 bits per heavy atom. The molecule has 0 saturated heterocycles. The first-order valence-electron chi connectivity index (χ1n) is 6.86.